The second-order valence-corrected chi connectivity index (χ2v) is 8.29. The number of hydrogen-bond donors (Lipinski definition) is 0. The molecule has 0 N–H and O–H groups in total. The maximum Gasteiger partial charge on any atom is 0.201 e. The zero-order valence-corrected chi connectivity index (χ0v) is 19.0. The van der Waals surface area contributed by atoms with E-state index in [2.05, 4.69) is 6.92 Å². The lowest BCUT2D eigenvalue weighted by atomic mass is 9.91. The van der Waals surface area contributed by atoms with E-state index in [9.17, 15) is 13.2 Å². The quantitative estimate of drug-likeness (QED) is 0.334. The fraction of sp³-hybridized carbons (Fsp3) is 0.538. The van der Waals surface area contributed by atoms with Gasteiger partial charge in [0.05, 0.1) is 13.2 Å². The zero-order chi connectivity index (χ0) is 22.9. The standard InChI is InChI=1S/C26H33F3O3/c1-3-5-6-7-15-31-24-13-9-19(17-32-24)20-10-8-18(16-22(20)27)21-11-12-23(30-14-4-2)26(29)25(21)28/h8,10-12,16,19,24H,3-7,9,13-15,17H2,1-2H3. The summed E-state index contributed by atoms with van der Waals surface area (Å²) in [5.74, 6) is -2.75. The maximum absolute atomic E-state index is 14.9. The summed E-state index contributed by atoms with van der Waals surface area (Å²) in [6.07, 6.45) is 6.48. The molecule has 2 unspecified atom stereocenters. The third kappa shape index (κ3) is 6.26. The van der Waals surface area contributed by atoms with Gasteiger partial charge in [-0.15, -0.1) is 0 Å². The molecule has 0 radical (unpaired) electrons. The molecule has 0 bridgehead atoms. The number of unbranched alkanes of at least 4 members (excludes halogenated alkanes) is 3. The van der Waals surface area contributed by atoms with Crippen LogP contribution in [-0.2, 0) is 9.47 Å². The van der Waals surface area contributed by atoms with Gasteiger partial charge in [-0.1, -0.05) is 45.2 Å². The Balaban J connectivity index is 1.61. The van der Waals surface area contributed by atoms with Gasteiger partial charge in [0.1, 0.15) is 5.82 Å². The van der Waals surface area contributed by atoms with Gasteiger partial charge in [-0.2, -0.15) is 4.39 Å². The topological polar surface area (TPSA) is 27.7 Å². The lowest BCUT2D eigenvalue weighted by Gasteiger charge is -2.29. The molecule has 2 aromatic carbocycles. The van der Waals surface area contributed by atoms with Crippen molar-refractivity contribution < 1.29 is 27.4 Å². The van der Waals surface area contributed by atoms with E-state index in [1.807, 2.05) is 6.92 Å². The van der Waals surface area contributed by atoms with Gasteiger partial charge in [-0.25, -0.2) is 8.78 Å². The van der Waals surface area contributed by atoms with Crippen LogP contribution in [0.4, 0.5) is 13.2 Å². The minimum absolute atomic E-state index is 0.00762. The Morgan fingerprint density at radius 1 is 0.906 bits per heavy atom. The summed E-state index contributed by atoms with van der Waals surface area (Å²) >= 11 is 0. The molecule has 1 saturated heterocycles. The highest BCUT2D eigenvalue weighted by molar-refractivity contribution is 5.66. The van der Waals surface area contributed by atoms with E-state index in [4.69, 9.17) is 14.2 Å². The smallest absolute Gasteiger partial charge is 0.201 e. The van der Waals surface area contributed by atoms with Crippen molar-refractivity contribution in [2.24, 2.45) is 0 Å². The minimum atomic E-state index is -1.05. The fourth-order valence-corrected chi connectivity index (χ4v) is 3.95. The Hall–Kier alpha value is -2.05. The summed E-state index contributed by atoms with van der Waals surface area (Å²) in [6, 6.07) is 7.33. The molecule has 0 amide bonds. The van der Waals surface area contributed by atoms with Crippen LogP contribution in [0.3, 0.4) is 0 Å². The predicted molar refractivity (Wildman–Crippen MR) is 119 cm³/mol. The van der Waals surface area contributed by atoms with Gasteiger partial charge >= 0.3 is 0 Å². The molecule has 3 rings (SSSR count). The summed E-state index contributed by atoms with van der Waals surface area (Å²) in [4.78, 5) is 0. The van der Waals surface area contributed by atoms with Crippen LogP contribution in [0.5, 0.6) is 5.75 Å². The van der Waals surface area contributed by atoms with Crippen molar-refractivity contribution in [1.82, 2.24) is 0 Å². The molecule has 0 saturated carbocycles. The molecule has 176 valence electrons. The lowest BCUT2D eigenvalue weighted by Crippen LogP contribution is -2.27. The number of ether oxygens (including phenoxy) is 3. The van der Waals surface area contributed by atoms with Crippen LogP contribution in [0.15, 0.2) is 30.3 Å². The average molecular weight is 451 g/mol. The summed E-state index contributed by atoms with van der Waals surface area (Å²) in [5, 5.41) is 0. The van der Waals surface area contributed by atoms with Gasteiger partial charge in [0.2, 0.25) is 5.82 Å². The van der Waals surface area contributed by atoms with Crippen molar-refractivity contribution in [1.29, 1.82) is 0 Å². The normalized spacial score (nSPS) is 18.7. The number of hydrogen-bond acceptors (Lipinski definition) is 3. The first kappa shape index (κ1) is 24.6. The average Bonchev–Trinajstić information content (AvgIpc) is 2.80. The molecule has 3 nitrogen and oxygen atoms in total. The third-order valence-electron chi connectivity index (χ3n) is 5.80. The highest BCUT2D eigenvalue weighted by Gasteiger charge is 2.26. The van der Waals surface area contributed by atoms with Gasteiger partial charge in [0.15, 0.2) is 17.9 Å². The highest BCUT2D eigenvalue weighted by atomic mass is 19.2. The van der Waals surface area contributed by atoms with Crippen LogP contribution in [0.25, 0.3) is 11.1 Å². The second-order valence-electron chi connectivity index (χ2n) is 8.29. The third-order valence-corrected chi connectivity index (χ3v) is 5.80. The molecule has 0 aromatic heterocycles. The van der Waals surface area contributed by atoms with E-state index in [0.717, 1.165) is 19.3 Å². The van der Waals surface area contributed by atoms with Crippen molar-refractivity contribution >= 4 is 0 Å². The number of rotatable bonds is 11. The summed E-state index contributed by atoms with van der Waals surface area (Å²) < 4.78 is 60.5. The summed E-state index contributed by atoms with van der Waals surface area (Å²) in [5.41, 5.74) is 0.821. The van der Waals surface area contributed by atoms with Crippen LogP contribution < -0.4 is 4.74 Å². The highest BCUT2D eigenvalue weighted by Crippen LogP contribution is 2.34. The van der Waals surface area contributed by atoms with Gasteiger partial charge < -0.3 is 14.2 Å². The van der Waals surface area contributed by atoms with E-state index in [1.54, 1.807) is 12.1 Å². The van der Waals surface area contributed by atoms with E-state index in [1.165, 1.54) is 31.0 Å². The molecular weight excluding hydrogens is 417 g/mol. The van der Waals surface area contributed by atoms with Crippen LogP contribution in [0.1, 0.15) is 70.3 Å². The molecule has 1 heterocycles. The van der Waals surface area contributed by atoms with Crippen molar-refractivity contribution in [2.45, 2.75) is 71.0 Å². The van der Waals surface area contributed by atoms with E-state index >= 15 is 0 Å². The SMILES string of the molecule is CCCCCCOC1CCC(c2ccc(-c3ccc(OCCC)c(F)c3F)cc2F)CO1. The monoisotopic (exact) mass is 450 g/mol. The van der Waals surface area contributed by atoms with Crippen molar-refractivity contribution in [3.63, 3.8) is 0 Å². The van der Waals surface area contributed by atoms with Crippen LogP contribution in [0.2, 0.25) is 0 Å². The van der Waals surface area contributed by atoms with Crippen molar-refractivity contribution in [3.05, 3.63) is 53.3 Å². The summed E-state index contributed by atoms with van der Waals surface area (Å²) in [6.45, 7) is 5.41. The van der Waals surface area contributed by atoms with Crippen molar-refractivity contribution in [2.75, 3.05) is 19.8 Å². The van der Waals surface area contributed by atoms with Gasteiger partial charge in [0, 0.05) is 18.1 Å². The Labute approximate surface area is 188 Å². The van der Waals surface area contributed by atoms with Gasteiger partial charge in [-0.3, -0.25) is 0 Å². The Morgan fingerprint density at radius 2 is 1.75 bits per heavy atom. The first-order valence-electron chi connectivity index (χ1n) is 11.7. The Kier molecular flexibility index (Phi) is 9.42. The zero-order valence-electron chi connectivity index (χ0n) is 19.0. The molecule has 6 heteroatoms. The predicted octanol–water partition coefficient (Wildman–Crippen LogP) is 7.38. The largest absolute Gasteiger partial charge is 0.490 e. The van der Waals surface area contributed by atoms with Gasteiger partial charge in [0.25, 0.3) is 0 Å². The minimum Gasteiger partial charge on any atom is -0.490 e. The number of benzene rings is 2. The molecule has 1 fully saturated rings. The van der Waals surface area contributed by atoms with Crippen LogP contribution in [0, 0.1) is 17.5 Å². The van der Waals surface area contributed by atoms with E-state index in [-0.39, 0.29) is 29.1 Å². The molecular formula is C26H33F3O3. The fourth-order valence-electron chi connectivity index (χ4n) is 3.95. The number of halogens is 3. The molecule has 2 atom stereocenters. The van der Waals surface area contributed by atoms with Crippen LogP contribution >= 0.6 is 0 Å². The van der Waals surface area contributed by atoms with E-state index < -0.39 is 17.5 Å². The van der Waals surface area contributed by atoms with Crippen LogP contribution in [-0.4, -0.2) is 26.1 Å². The molecule has 1 aliphatic heterocycles. The van der Waals surface area contributed by atoms with Crippen molar-refractivity contribution in [3.8, 4) is 16.9 Å². The summed E-state index contributed by atoms with van der Waals surface area (Å²) in [7, 11) is 0. The second kappa shape index (κ2) is 12.3. The first-order chi connectivity index (χ1) is 15.5. The molecule has 1 aliphatic rings. The Bertz CT molecular complexity index is 864. The molecule has 0 spiro atoms. The van der Waals surface area contributed by atoms with Gasteiger partial charge in [-0.05, 0) is 55.0 Å². The molecule has 0 aliphatic carbocycles. The first-order valence-corrected chi connectivity index (χ1v) is 11.7. The molecule has 2 aromatic rings. The lowest BCUT2D eigenvalue weighted by molar-refractivity contribution is -0.168. The van der Waals surface area contributed by atoms with E-state index in [0.29, 0.717) is 38.2 Å². The molecule has 32 heavy (non-hydrogen) atoms. The maximum atomic E-state index is 14.9. The Morgan fingerprint density at radius 3 is 2.44 bits per heavy atom.